The van der Waals surface area contributed by atoms with Crippen LogP contribution in [0.2, 0.25) is 0 Å². The van der Waals surface area contributed by atoms with E-state index in [2.05, 4.69) is 10.3 Å². The molecule has 0 saturated carbocycles. The van der Waals surface area contributed by atoms with Crippen LogP contribution in [0.4, 0.5) is 0 Å². The minimum atomic E-state index is 0.171. The van der Waals surface area contributed by atoms with Crippen LogP contribution in [0, 0.1) is 0 Å². The Bertz CT molecular complexity index is 517. The predicted molar refractivity (Wildman–Crippen MR) is 69.2 cm³/mol. The first-order chi connectivity index (χ1) is 8.33. The maximum atomic E-state index is 12.1. The van der Waals surface area contributed by atoms with Gasteiger partial charge in [0, 0.05) is 29.8 Å². The minimum Gasteiger partial charge on any atom is -0.320 e. The number of rotatable bonds is 5. The molecule has 0 spiro atoms. The fraction of sp³-hybridized carbons (Fsp3) is 0.286. The molecule has 0 unspecified atom stereocenters. The fourth-order valence-corrected chi connectivity index (χ4v) is 1.90. The minimum absolute atomic E-state index is 0.171. The van der Waals surface area contributed by atoms with Gasteiger partial charge in [0.05, 0.1) is 0 Å². The summed E-state index contributed by atoms with van der Waals surface area (Å²) in [5, 5.41) is 5.06. The molecule has 0 aliphatic heterocycles. The third kappa shape index (κ3) is 2.68. The van der Waals surface area contributed by atoms with Crippen molar-refractivity contribution in [1.82, 2.24) is 10.3 Å². The molecule has 1 aromatic carbocycles. The van der Waals surface area contributed by atoms with Crippen LogP contribution in [0.25, 0.3) is 10.8 Å². The van der Waals surface area contributed by atoms with Gasteiger partial charge in [-0.3, -0.25) is 9.78 Å². The molecule has 3 nitrogen and oxygen atoms in total. The average Bonchev–Trinajstić information content (AvgIpc) is 2.38. The number of aromatic nitrogens is 1. The van der Waals surface area contributed by atoms with E-state index in [0.717, 1.165) is 29.3 Å². The van der Waals surface area contributed by atoms with Crippen LogP contribution in [0.5, 0.6) is 0 Å². The quantitative estimate of drug-likeness (QED) is 0.631. The number of ketones is 1. The lowest BCUT2D eigenvalue weighted by atomic mass is 10.0. The van der Waals surface area contributed by atoms with Crippen LogP contribution in [0.15, 0.2) is 36.7 Å². The van der Waals surface area contributed by atoms with Crippen LogP contribution >= 0.6 is 0 Å². The lowest BCUT2D eigenvalue weighted by Gasteiger charge is -2.04. The molecular weight excluding hydrogens is 212 g/mol. The van der Waals surface area contributed by atoms with E-state index in [1.54, 1.807) is 12.4 Å². The summed E-state index contributed by atoms with van der Waals surface area (Å²) in [7, 11) is 1.89. The number of fused-ring (bicyclic) bond motifs is 1. The summed E-state index contributed by atoms with van der Waals surface area (Å²) in [5.41, 5.74) is 0.735. The fourth-order valence-electron chi connectivity index (χ4n) is 1.90. The first-order valence-corrected chi connectivity index (χ1v) is 5.83. The van der Waals surface area contributed by atoms with Crippen LogP contribution in [0.1, 0.15) is 23.2 Å². The number of hydrogen-bond donors (Lipinski definition) is 1. The van der Waals surface area contributed by atoms with E-state index in [4.69, 9.17) is 0 Å². The van der Waals surface area contributed by atoms with Crippen LogP contribution in [0.3, 0.4) is 0 Å². The van der Waals surface area contributed by atoms with Crippen molar-refractivity contribution in [2.75, 3.05) is 13.6 Å². The monoisotopic (exact) mass is 228 g/mol. The van der Waals surface area contributed by atoms with Gasteiger partial charge in [-0.15, -0.1) is 0 Å². The van der Waals surface area contributed by atoms with E-state index in [1.807, 2.05) is 31.3 Å². The molecule has 3 heteroatoms. The summed E-state index contributed by atoms with van der Waals surface area (Å²) < 4.78 is 0. The molecule has 1 aromatic heterocycles. The zero-order valence-electron chi connectivity index (χ0n) is 9.94. The summed E-state index contributed by atoms with van der Waals surface area (Å²) in [6, 6.07) is 7.86. The molecule has 0 fully saturated rings. The molecule has 0 aliphatic carbocycles. The predicted octanol–water partition coefficient (Wildman–Crippen LogP) is 2.42. The summed E-state index contributed by atoms with van der Waals surface area (Å²) in [5.74, 6) is 0.171. The van der Waals surface area contributed by atoms with Gasteiger partial charge in [-0.2, -0.15) is 0 Å². The van der Waals surface area contributed by atoms with E-state index in [1.165, 1.54) is 0 Å². The third-order valence-corrected chi connectivity index (χ3v) is 2.80. The Morgan fingerprint density at radius 3 is 2.94 bits per heavy atom. The van der Waals surface area contributed by atoms with E-state index in [-0.39, 0.29) is 5.78 Å². The molecular formula is C14H16N2O. The summed E-state index contributed by atoms with van der Waals surface area (Å²) >= 11 is 0. The Kier molecular flexibility index (Phi) is 3.83. The molecule has 1 N–H and O–H groups in total. The van der Waals surface area contributed by atoms with Gasteiger partial charge in [-0.05, 0) is 25.4 Å². The van der Waals surface area contributed by atoms with Crippen molar-refractivity contribution >= 4 is 16.6 Å². The van der Waals surface area contributed by atoms with Crippen molar-refractivity contribution in [1.29, 1.82) is 0 Å². The Hall–Kier alpha value is -1.74. The number of nitrogens with zero attached hydrogens (tertiary/aromatic N) is 1. The number of hydrogen-bond acceptors (Lipinski definition) is 3. The highest BCUT2D eigenvalue weighted by Crippen LogP contribution is 2.18. The van der Waals surface area contributed by atoms with E-state index >= 15 is 0 Å². The van der Waals surface area contributed by atoms with E-state index < -0.39 is 0 Å². The van der Waals surface area contributed by atoms with Gasteiger partial charge in [0.25, 0.3) is 0 Å². The average molecular weight is 228 g/mol. The van der Waals surface area contributed by atoms with Crippen LogP contribution < -0.4 is 5.32 Å². The highest BCUT2D eigenvalue weighted by atomic mass is 16.1. The van der Waals surface area contributed by atoms with Gasteiger partial charge in [-0.25, -0.2) is 0 Å². The van der Waals surface area contributed by atoms with Crippen molar-refractivity contribution in [3.8, 4) is 0 Å². The highest BCUT2D eigenvalue weighted by molar-refractivity contribution is 6.07. The number of Topliss-reactive ketones (excluding diaryl/α,β-unsaturated/α-hetero) is 1. The van der Waals surface area contributed by atoms with Crippen molar-refractivity contribution in [3.63, 3.8) is 0 Å². The summed E-state index contributed by atoms with van der Waals surface area (Å²) in [4.78, 5) is 16.2. The van der Waals surface area contributed by atoms with Gasteiger partial charge < -0.3 is 5.32 Å². The number of carbonyl (C=O) groups is 1. The normalized spacial score (nSPS) is 10.6. The van der Waals surface area contributed by atoms with Gasteiger partial charge in [0.2, 0.25) is 0 Å². The summed E-state index contributed by atoms with van der Waals surface area (Å²) in [6.07, 6.45) is 4.89. The van der Waals surface area contributed by atoms with Crippen molar-refractivity contribution in [2.45, 2.75) is 12.8 Å². The number of nitrogens with one attached hydrogen (secondary N) is 1. The van der Waals surface area contributed by atoms with E-state index in [0.29, 0.717) is 6.42 Å². The molecule has 2 rings (SSSR count). The molecule has 0 aliphatic rings. The Labute approximate surface area is 101 Å². The molecule has 0 amide bonds. The zero-order valence-corrected chi connectivity index (χ0v) is 9.94. The second-order valence-corrected chi connectivity index (χ2v) is 4.04. The number of carbonyl (C=O) groups excluding carboxylic acids is 1. The smallest absolute Gasteiger partial charge is 0.165 e. The number of benzene rings is 1. The Morgan fingerprint density at radius 2 is 2.12 bits per heavy atom. The van der Waals surface area contributed by atoms with Crippen LogP contribution in [-0.2, 0) is 0 Å². The van der Waals surface area contributed by atoms with Gasteiger partial charge >= 0.3 is 0 Å². The molecule has 2 aromatic rings. The molecule has 0 atom stereocenters. The lowest BCUT2D eigenvalue weighted by Crippen LogP contribution is -2.10. The van der Waals surface area contributed by atoms with Crippen molar-refractivity contribution < 1.29 is 4.79 Å². The van der Waals surface area contributed by atoms with Gasteiger partial charge in [0.1, 0.15) is 0 Å². The Balaban J connectivity index is 2.26. The molecule has 0 radical (unpaired) electrons. The maximum Gasteiger partial charge on any atom is 0.165 e. The van der Waals surface area contributed by atoms with Crippen molar-refractivity contribution in [3.05, 3.63) is 42.2 Å². The lowest BCUT2D eigenvalue weighted by molar-refractivity contribution is 0.0981. The molecule has 0 bridgehead atoms. The molecule has 88 valence electrons. The second kappa shape index (κ2) is 5.55. The second-order valence-electron chi connectivity index (χ2n) is 4.04. The molecule has 0 saturated heterocycles. The zero-order chi connectivity index (χ0) is 12.1. The number of pyridine rings is 1. The van der Waals surface area contributed by atoms with E-state index in [9.17, 15) is 4.79 Å². The maximum absolute atomic E-state index is 12.1. The first-order valence-electron chi connectivity index (χ1n) is 5.83. The largest absolute Gasteiger partial charge is 0.320 e. The summed E-state index contributed by atoms with van der Waals surface area (Å²) in [6.45, 7) is 0.865. The first kappa shape index (κ1) is 11.7. The topological polar surface area (TPSA) is 42.0 Å². The van der Waals surface area contributed by atoms with Crippen LogP contribution in [-0.4, -0.2) is 24.4 Å². The SMILES string of the molecule is CNCCCC(=O)c1cncc2ccccc12. The third-order valence-electron chi connectivity index (χ3n) is 2.80. The van der Waals surface area contributed by atoms with Gasteiger partial charge in [-0.1, -0.05) is 24.3 Å². The standard InChI is InChI=1S/C14H16N2O/c1-15-8-4-7-14(17)13-10-16-9-11-5-2-3-6-12(11)13/h2-3,5-6,9-10,15H,4,7-8H2,1H3. The molecule has 17 heavy (non-hydrogen) atoms. The highest BCUT2D eigenvalue weighted by Gasteiger charge is 2.09. The van der Waals surface area contributed by atoms with Crippen molar-refractivity contribution in [2.24, 2.45) is 0 Å². The molecule has 1 heterocycles. The Morgan fingerprint density at radius 1 is 1.29 bits per heavy atom. The van der Waals surface area contributed by atoms with Gasteiger partial charge in [0.15, 0.2) is 5.78 Å².